The van der Waals surface area contributed by atoms with Crippen LogP contribution in [0.5, 0.6) is 5.75 Å². The molecule has 7 heteroatoms. The molecular formula is C22H19N3O4. The molecule has 0 fully saturated rings. The van der Waals surface area contributed by atoms with Crippen molar-refractivity contribution in [3.05, 3.63) is 78.2 Å². The Balaban J connectivity index is 1.56. The Morgan fingerprint density at radius 1 is 1.07 bits per heavy atom. The summed E-state index contributed by atoms with van der Waals surface area (Å²) in [6.45, 7) is 1.54. The Kier molecular flexibility index (Phi) is 4.87. The van der Waals surface area contributed by atoms with Gasteiger partial charge in [-0.2, -0.15) is 5.10 Å². The van der Waals surface area contributed by atoms with Crippen LogP contribution in [0.4, 0.5) is 0 Å². The molecule has 2 aromatic heterocycles. The van der Waals surface area contributed by atoms with Crippen LogP contribution < -0.4 is 4.74 Å². The molecule has 2 aromatic carbocycles. The molecule has 146 valence electrons. The minimum absolute atomic E-state index is 0.00919. The first-order valence-electron chi connectivity index (χ1n) is 9.09. The van der Waals surface area contributed by atoms with E-state index in [0.29, 0.717) is 5.56 Å². The van der Waals surface area contributed by atoms with Gasteiger partial charge in [0, 0.05) is 22.7 Å². The van der Waals surface area contributed by atoms with E-state index in [-0.39, 0.29) is 17.2 Å². The monoisotopic (exact) mass is 389 g/mol. The van der Waals surface area contributed by atoms with Crippen LogP contribution in [-0.4, -0.2) is 39.7 Å². The van der Waals surface area contributed by atoms with Crippen LogP contribution >= 0.6 is 0 Å². The van der Waals surface area contributed by atoms with Crippen molar-refractivity contribution in [2.24, 2.45) is 0 Å². The van der Waals surface area contributed by atoms with E-state index in [9.17, 15) is 9.59 Å². The standard InChI is InChI=1S/C22H19N3O4/c1-14(21(26)17-12-23-18-11-7-6-10-16(17)18)29-22(27)20-19(28-2)13-25(24-20)15-8-4-3-5-9-15/h3-14,23H,1-2H3. The molecule has 4 aromatic rings. The lowest BCUT2D eigenvalue weighted by Gasteiger charge is -2.11. The number of hydrogen-bond acceptors (Lipinski definition) is 5. The number of ether oxygens (including phenoxy) is 2. The molecule has 0 spiro atoms. The van der Waals surface area contributed by atoms with Crippen molar-refractivity contribution in [1.29, 1.82) is 0 Å². The van der Waals surface area contributed by atoms with Crippen LogP contribution in [0.25, 0.3) is 16.6 Å². The molecule has 29 heavy (non-hydrogen) atoms. The zero-order chi connectivity index (χ0) is 20.4. The summed E-state index contributed by atoms with van der Waals surface area (Å²) >= 11 is 0. The van der Waals surface area contributed by atoms with E-state index in [1.165, 1.54) is 11.8 Å². The van der Waals surface area contributed by atoms with Crippen LogP contribution in [0.1, 0.15) is 27.8 Å². The zero-order valence-electron chi connectivity index (χ0n) is 16.0. The third-order valence-electron chi connectivity index (χ3n) is 4.62. The quantitative estimate of drug-likeness (QED) is 0.400. The number of rotatable bonds is 6. The fourth-order valence-corrected chi connectivity index (χ4v) is 3.13. The molecule has 0 aliphatic carbocycles. The van der Waals surface area contributed by atoms with E-state index in [2.05, 4.69) is 10.1 Å². The second-order valence-electron chi connectivity index (χ2n) is 6.49. The van der Waals surface area contributed by atoms with Gasteiger partial charge < -0.3 is 14.5 Å². The maximum atomic E-state index is 12.8. The number of aromatic nitrogens is 3. The number of carbonyl (C=O) groups excluding carboxylic acids is 2. The molecule has 0 saturated carbocycles. The number of hydrogen-bond donors (Lipinski definition) is 1. The van der Waals surface area contributed by atoms with Gasteiger partial charge in [0.05, 0.1) is 19.0 Å². The van der Waals surface area contributed by atoms with E-state index in [1.54, 1.807) is 19.3 Å². The van der Waals surface area contributed by atoms with Gasteiger partial charge >= 0.3 is 5.97 Å². The Morgan fingerprint density at radius 2 is 1.79 bits per heavy atom. The average molecular weight is 389 g/mol. The maximum Gasteiger partial charge on any atom is 0.363 e. The van der Waals surface area contributed by atoms with Crippen LogP contribution in [0.2, 0.25) is 0 Å². The first-order valence-corrected chi connectivity index (χ1v) is 9.09. The summed E-state index contributed by atoms with van der Waals surface area (Å²) in [5.74, 6) is -0.750. The van der Waals surface area contributed by atoms with E-state index in [4.69, 9.17) is 9.47 Å². The number of carbonyl (C=O) groups is 2. The second-order valence-corrected chi connectivity index (χ2v) is 6.49. The molecule has 1 unspecified atom stereocenters. The molecule has 7 nitrogen and oxygen atoms in total. The normalized spacial score (nSPS) is 11.9. The molecule has 0 amide bonds. The van der Waals surface area contributed by atoms with E-state index >= 15 is 0 Å². The molecule has 1 N–H and O–H groups in total. The summed E-state index contributed by atoms with van der Waals surface area (Å²) in [6.07, 6.45) is 2.24. The summed E-state index contributed by atoms with van der Waals surface area (Å²) in [5, 5.41) is 5.06. The van der Waals surface area contributed by atoms with Gasteiger partial charge in [0.2, 0.25) is 11.5 Å². The van der Waals surface area contributed by atoms with Crippen molar-refractivity contribution >= 4 is 22.7 Å². The van der Waals surface area contributed by atoms with Gasteiger partial charge in [-0.15, -0.1) is 0 Å². The largest absolute Gasteiger partial charge is 0.493 e. The molecule has 1 atom stereocenters. The van der Waals surface area contributed by atoms with E-state index < -0.39 is 12.1 Å². The Bertz CT molecular complexity index is 1180. The number of aromatic amines is 1. The molecular weight excluding hydrogens is 370 g/mol. The minimum Gasteiger partial charge on any atom is -0.493 e. The van der Waals surface area contributed by atoms with E-state index in [0.717, 1.165) is 16.6 Å². The Morgan fingerprint density at radius 3 is 2.55 bits per heavy atom. The Hall–Kier alpha value is -3.87. The lowest BCUT2D eigenvalue weighted by atomic mass is 10.1. The zero-order valence-corrected chi connectivity index (χ0v) is 16.0. The summed E-state index contributed by atoms with van der Waals surface area (Å²) in [5.41, 5.74) is 2.10. The number of ketones is 1. The van der Waals surface area contributed by atoms with Crippen molar-refractivity contribution in [1.82, 2.24) is 14.8 Å². The van der Waals surface area contributed by atoms with Gasteiger partial charge in [0.25, 0.3) is 0 Å². The third-order valence-corrected chi connectivity index (χ3v) is 4.62. The van der Waals surface area contributed by atoms with Gasteiger partial charge in [-0.3, -0.25) is 4.79 Å². The molecule has 0 aliphatic rings. The maximum absolute atomic E-state index is 12.8. The first-order chi connectivity index (χ1) is 14.1. The number of esters is 1. The minimum atomic E-state index is -0.978. The highest BCUT2D eigenvalue weighted by atomic mass is 16.5. The van der Waals surface area contributed by atoms with Gasteiger partial charge in [-0.05, 0) is 25.1 Å². The predicted octanol–water partition coefficient (Wildman–Crippen LogP) is 3.79. The van der Waals surface area contributed by atoms with Crippen LogP contribution in [0, 0.1) is 0 Å². The van der Waals surface area contributed by atoms with E-state index in [1.807, 2.05) is 54.6 Å². The van der Waals surface area contributed by atoms with Crippen molar-refractivity contribution in [3.63, 3.8) is 0 Å². The van der Waals surface area contributed by atoms with Crippen molar-refractivity contribution in [3.8, 4) is 11.4 Å². The van der Waals surface area contributed by atoms with Crippen LogP contribution in [-0.2, 0) is 4.74 Å². The fourth-order valence-electron chi connectivity index (χ4n) is 3.13. The van der Waals surface area contributed by atoms with Crippen molar-refractivity contribution in [2.75, 3.05) is 7.11 Å². The fraction of sp³-hybridized carbons (Fsp3) is 0.136. The van der Waals surface area contributed by atoms with Gasteiger partial charge in [-0.25, -0.2) is 9.48 Å². The summed E-state index contributed by atoms with van der Waals surface area (Å²) < 4.78 is 12.2. The number of benzene rings is 2. The average Bonchev–Trinajstić information content (AvgIpc) is 3.38. The summed E-state index contributed by atoms with van der Waals surface area (Å²) in [6, 6.07) is 16.8. The topological polar surface area (TPSA) is 86.2 Å². The van der Waals surface area contributed by atoms with Gasteiger partial charge in [0.15, 0.2) is 11.9 Å². The van der Waals surface area contributed by atoms with Crippen LogP contribution in [0.3, 0.4) is 0 Å². The highest BCUT2D eigenvalue weighted by Gasteiger charge is 2.26. The summed E-state index contributed by atoms with van der Waals surface area (Å²) in [4.78, 5) is 28.5. The number of nitrogens with zero attached hydrogens (tertiary/aromatic N) is 2. The molecule has 0 aliphatic heterocycles. The second kappa shape index (κ2) is 7.63. The first kappa shape index (κ1) is 18.5. The lowest BCUT2D eigenvalue weighted by molar-refractivity contribution is 0.0310. The smallest absolute Gasteiger partial charge is 0.363 e. The number of fused-ring (bicyclic) bond motifs is 1. The number of methoxy groups -OCH3 is 1. The number of H-pyrrole nitrogens is 1. The predicted molar refractivity (Wildman–Crippen MR) is 108 cm³/mol. The Labute approximate surface area is 166 Å². The summed E-state index contributed by atoms with van der Waals surface area (Å²) in [7, 11) is 1.45. The molecule has 0 radical (unpaired) electrons. The third kappa shape index (κ3) is 3.50. The highest BCUT2D eigenvalue weighted by molar-refractivity contribution is 6.10. The molecule has 0 bridgehead atoms. The van der Waals surface area contributed by atoms with Crippen molar-refractivity contribution in [2.45, 2.75) is 13.0 Å². The lowest BCUT2D eigenvalue weighted by Crippen LogP contribution is -2.24. The van der Waals surface area contributed by atoms with Gasteiger partial charge in [0.1, 0.15) is 0 Å². The number of Topliss-reactive ketones (excluding diaryl/α,β-unsaturated/α-hetero) is 1. The molecule has 2 heterocycles. The SMILES string of the molecule is COc1cn(-c2ccccc2)nc1C(=O)OC(C)C(=O)c1c[nH]c2ccccc12. The number of nitrogens with one attached hydrogen (secondary N) is 1. The van der Waals surface area contributed by atoms with Gasteiger partial charge in [-0.1, -0.05) is 36.4 Å². The molecule has 4 rings (SSSR count). The number of para-hydroxylation sites is 2. The highest BCUT2D eigenvalue weighted by Crippen LogP contribution is 2.23. The van der Waals surface area contributed by atoms with Crippen LogP contribution in [0.15, 0.2) is 67.0 Å². The van der Waals surface area contributed by atoms with Crippen molar-refractivity contribution < 1.29 is 19.1 Å². The molecule has 0 saturated heterocycles.